The zero-order chi connectivity index (χ0) is 23.9. The van der Waals surface area contributed by atoms with Gasteiger partial charge in [0.15, 0.2) is 0 Å². The fourth-order valence-corrected chi connectivity index (χ4v) is 4.72. The second kappa shape index (κ2) is 13.8. The van der Waals surface area contributed by atoms with Gasteiger partial charge in [0.1, 0.15) is 5.78 Å². The largest absolute Gasteiger partial charge is 0.302 e. The third-order valence-electron chi connectivity index (χ3n) is 5.70. The third kappa shape index (κ3) is 12.5. The number of hydrogen-bond donors (Lipinski definition) is 0. The number of rotatable bonds is 0. The van der Waals surface area contributed by atoms with Crippen molar-refractivity contribution in [3.63, 3.8) is 0 Å². The minimum absolute atomic E-state index is 0.227. The summed E-state index contributed by atoms with van der Waals surface area (Å²) in [5.41, 5.74) is 2.10. The van der Waals surface area contributed by atoms with E-state index < -0.39 is 0 Å². The molecule has 0 aliphatic carbocycles. The van der Waals surface area contributed by atoms with Crippen LogP contribution in [0.5, 0.6) is 0 Å². The van der Waals surface area contributed by atoms with Crippen LogP contribution in [0.2, 0.25) is 0 Å². The van der Waals surface area contributed by atoms with Crippen LogP contribution in [0.4, 0.5) is 0 Å². The maximum atomic E-state index is 11.2. The van der Waals surface area contributed by atoms with Crippen LogP contribution in [0.3, 0.4) is 0 Å². The van der Waals surface area contributed by atoms with E-state index in [4.69, 9.17) is 0 Å². The third-order valence-corrected chi connectivity index (χ3v) is 6.82. The Labute approximate surface area is 219 Å². The van der Waals surface area contributed by atoms with Gasteiger partial charge in [-0.15, -0.1) is 0 Å². The zero-order valence-corrected chi connectivity index (χ0v) is 26.6. The minimum Gasteiger partial charge on any atom is -0.302 e. The summed E-state index contributed by atoms with van der Waals surface area (Å²) in [5, 5.41) is 0. The van der Waals surface area contributed by atoms with Crippen molar-refractivity contribution >= 4 is 69.5 Å². The summed E-state index contributed by atoms with van der Waals surface area (Å²) in [7, 11) is 4.34. The van der Waals surface area contributed by atoms with Crippen molar-refractivity contribution < 1.29 is 4.79 Å². The van der Waals surface area contributed by atoms with E-state index in [1.54, 1.807) is 0 Å². The molecule has 2 unspecified atom stereocenters. The first kappa shape index (κ1) is 31.2. The van der Waals surface area contributed by atoms with Gasteiger partial charge in [0.25, 0.3) is 0 Å². The summed E-state index contributed by atoms with van der Waals surface area (Å²) in [4.78, 5) is 16.0. The summed E-state index contributed by atoms with van der Waals surface area (Å²) in [6.07, 6.45) is 3.82. The molecule has 2 fully saturated rings. The molecule has 0 saturated carbocycles. The predicted octanol–water partition coefficient (Wildman–Crippen LogP) is 7.95. The van der Waals surface area contributed by atoms with Crippen LogP contribution in [0.25, 0.3) is 0 Å². The van der Waals surface area contributed by atoms with Crippen molar-refractivity contribution in [2.24, 2.45) is 10.8 Å². The fraction of sp³-hybridized carbons (Fsp3) is 0.870. The molecular formula is C23H42Br4N2O. The maximum absolute atomic E-state index is 11.2. The number of hydrogen-bond acceptors (Lipinski definition) is 3. The van der Waals surface area contributed by atoms with Gasteiger partial charge in [0.2, 0.25) is 0 Å². The van der Waals surface area contributed by atoms with Gasteiger partial charge in [0.05, 0.1) is 7.13 Å². The Kier molecular flexibility index (Phi) is 14.4. The molecular weight excluding hydrogens is 640 g/mol. The number of ketones is 1. The summed E-state index contributed by atoms with van der Waals surface area (Å²) < 4.78 is 1.62. The lowest BCUT2D eigenvalue weighted by Crippen LogP contribution is -2.47. The summed E-state index contributed by atoms with van der Waals surface area (Å²) >= 11 is 13.4. The number of nitrogens with zero attached hydrogens (tertiary/aromatic N) is 2. The van der Waals surface area contributed by atoms with Gasteiger partial charge in [-0.25, -0.2) is 0 Å². The number of alkyl halides is 2. The van der Waals surface area contributed by atoms with Crippen molar-refractivity contribution in [1.29, 1.82) is 0 Å². The Morgan fingerprint density at radius 3 is 1.57 bits per heavy atom. The Hall–Kier alpha value is 1.25. The van der Waals surface area contributed by atoms with Crippen molar-refractivity contribution in [3.8, 4) is 0 Å². The summed E-state index contributed by atoms with van der Waals surface area (Å²) in [6, 6.07) is 1.08. The van der Waals surface area contributed by atoms with Crippen molar-refractivity contribution in [1.82, 2.24) is 9.80 Å². The monoisotopic (exact) mass is 678 g/mol. The quantitative estimate of drug-likeness (QED) is 0.243. The van der Waals surface area contributed by atoms with Gasteiger partial charge in [-0.2, -0.15) is 0 Å². The van der Waals surface area contributed by atoms with Crippen LogP contribution < -0.4 is 0 Å². The number of carbonyl (C=O) groups excluding carboxylic acids is 1. The first-order valence-corrected chi connectivity index (χ1v) is 14.1. The van der Waals surface area contributed by atoms with Gasteiger partial charge < -0.3 is 9.80 Å². The van der Waals surface area contributed by atoms with Crippen LogP contribution >= 0.6 is 63.7 Å². The molecule has 2 aliphatic rings. The van der Waals surface area contributed by atoms with Crippen molar-refractivity contribution in [3.05, 3.63) is 8.96 Å². The van der Waals surface area contributed by atoms with E-state index in [1.165, 1.54) is 18.4 Å². The molecule has 0 aromatic heterocycles. The standard InChI is InChI=1S/C11H19Br2N.C10H19NO.C2H4Br2/c1-11(2,3)9-7-8(10(12)13)5-6-14(9)4;1-10(2,3)9-7-8(12)5-6-11(9)4;1-2(3)4/h9H,5-7H2,1-4H3;9H,5-7H2,1-4H3;2H,1H3. The highest BCUT2D eigenvalue weighted by Crippen LogP contribution is 2.36. The van der Waals surface area contributed by atoms with Crippen LogP contribution in [0, 0.1) is 10.8 Å². The molecule has 0 N–H and O–H groups in total. The van der Waals surface area contributed by atoms with Gasteiger partial charge in [0, 0.05) is 38.0 Å². The average molecular weight is 682 g/mol. The lowest BCUT2D eigenvalue weighted by Gasteiger charge is -2.42. The molecule has 2 saturated heterocycles. The molecule has 0 radical (unpaired) electrons. The average Bonchev–Trinajstić information content (AvgIpc) is 2.55. The Balaban J connectivity index is 0.000000481. The van der Waals surface area contributed by atoms with Crippen LogP contribution in [0.15, 0.2) is 8.96 Å². The summed E-state index contributed by atoms with van der Waals surface area (Å²) in [5.74, 6) is 0.424. The number of halogens is 4. The smallest absolute Gasteiger partial charge is 0.135 e. The van der Waals surface area contributed by atoms with Gasteiger partial charge in [-0.3, -0.25) is 4.79 Å². The highest BCUT2D eigenvalue weighted by atomic mass is 79.9. The Morgan fingerprint density at radius 2 is 1.23 bits per heavy atom. The van der Waals surface area contributed by atoms with E-state index in [-0.39, 0.29) is 5.41 Å². The molecule has 178 valence electrons. The predicted molar refractivity (Wildman–Crippen MR) is 147 cm³/mol. The maximum Gasteiger partial charge on any atom is 0.135 e. The topological polar surface area (TPSA) is 23.6 Å². The van der Waals surface area contributed by atoms with Crippen LogP contribution in [-0.2, 0) is 4.79 Å². The zero-order valence-electron chi connectivity index (χ0n) is 20.3. The van der Waals surface area contributed by atoms with Gasteiger partial charge in [-0.05, 0) is 82.1 Å². The normalized spacial score (nSPS) is 24.1. The molecule has 2 heterocycles. The molecule has 0 spiro atoms. The molecule has 0 aromatic rings. The molecule has 0 aromatic carbocycles. The number of piperidine rings is 2. The Morgan fingerprint density at radius 1 is 0.867 bits per heavy atom. The van der Waals surface area contributed by atoms with Gasteiger partial charge >= 0.3 is 0 Å². The lowest BCUT2D eigenvalue weighted by atomic mass is 9.80. The van der Waals surface area contributed by atoms with Gasteiger partial charge in [-0.1, -0.05) is 73.4 Å². The highest BCUT2D eigenvalue weighted by molar-refractivity contribution is 9.28. The van der Waals surface area contributed by atoms with Crippen molar-refractivity contribution in [2.45, 2.75) is 90.0 Å². The molecule has 2 rings (SSSR count). The molecule has 30 heavy (non-hydrogen) atoms. The van der Waals surface area contributed by atoms with E-state index in [9.17, 15) is 4.79 Å². The number of likely N-dealkylation sites (tertiary alicyclic amines) is 2. The molecule has 7 heteroatoms. The molecule has 0 amide bonds. The van der Waals surface area contributed by atoms with Crippen LogP contribution in [0.1, 0.15) is 74.1 Å². The number of carbonyl (C=O) groups is 1. The number of Topliss-reactive ketones (excluding diaryl/α,β-unsaturated/α-hetero) is 1. The highest BCUT2D eigenvalue weighted by Gasteiger charge is 2.33. The second-order valence-electron chi connectivity index (χ2n) is 10.6. The fourth-order valence-electron chi connectivity index (χ4n) is 4.00. The second-order valence-corrected chi connectivity index (χ2v) is 17.2. The molecule has 2 atom stereocenters. The lowest BCUT2D eigenvalue weighted by molar-refractivity contribution is -0.124. The van der Waals surface area contributed by atoms with E-state index in [2.05, 4.69) is 129 Å². The Bertz CT molecular complexity index is 558. The van der Waals surface area contributed by atoms with E-state index in [1.807, 2.05) is 6.92 Å². The first-order valence-electron chi connectivity index (χ1n) is 10.7. The summed E-state index contributed by atoms with van der Waals surface area (Å²) in [6.45, 7) is 17.7. The first-order chi connectivity index (χ1) is 13.5. The van der Waals surface area contributed by atoms with E-state index in [0.717, 1.165) is 29.3 Å². The van der Waals surface area contributed by atoms with E-state index in [0.29, 0.717) is 27.0 Å². The van der Waals surface area contributed by atoms with E-state index >= 15 is 0 Å². The van der Waals surface area contributed by atoms with Crippen molar-refractivity contribution in [2.75, 3.05) is 27.2 Å². The SMILES string of the molecule is CC(Br)Br.CN1CCC(=C(Br)Br)CC1C(C)(C)C.CN1CCC(=O)CC1C(C)(C)C. The minimum atomic E-state index is 0.227. The molecule has 2 aliphatic heterocycles. The molecule has 3 nitrogen and oxygen atoms in total. The van der Waals surface area contributed by atoms with Crippen LogP contribution in [-0.4, -0.2) is 58.6 Å². The molecule has 0 bridgehead atoms.